The van der Waals surface area contributed by atoms with Crippen molar-refractivity contribution in [3.8, 4) is 5.75 Å². The molecule has 0 atom stereocenters. The minimum atomic E-state index is -0.473. The van der Waals surface area contributed by atoms with Crippen LogP contribution in [-0.4, -0.2) is 15.7 Å². The summed E-state index contributed by atoms with van der Waals surface area (Å²) in [7, 11) is 0. The maximum Gasteiger partial charge on any atom is 0.276 e. The Kier molecular flexibility index (Phi) is 4.51. The fourth-order valence-corrected chi connectivity index (χ4v) is 1.98. The highest BCUT2D eigenvalue weighted by Gasteiger charge is 2.10. The topological polar surface area (TPSA) is 56.2 Å². The van der Waals surface area contributed by atoms with E-state index in [1.807, 2.05) is 0 Å². The van der Waals surface area contributed by atoms with Crippen LogP contribution in [-0.2, 0) is 6.73 Å². The highest BCUT2D eigenvalue weighted by atomic mass is 19.1. The predicted molar refractivity (Wildman–Crippen MR) is 83.6 cm³/mol. The first kappa shape index (κ1) is 15.7. The summed E-state index contributed by atoms with van der Waals surface area (Å²) in [5, 5.41) is 6.65. The van der Waals surface area contributed by atoms with E-state index >= 15 is 0 Å². The summed E-state index contributed by atoms with van der Waals surface area (Å²) in [5.41, 5.74) is 0.620. The lowest BCUT2D eigenvalue weighted by Gasteiger charge is -2.06. The predicted octanol–water partition coefficient (Wildman–Crippen LogP) is 3.45. The number of ether oxygens (including phenoxy) is 1. The lowest BCUT2D eigenvalue weighted by atomic mass is 10.3. The summed E-state index contributed by atoms with van der Waals surface area (Å²) < 4.78 is 33.0. The molecule has 0 aliphatic rings. The Morgan fingerprint density at radius 2 is 1.83 bits per heavy atom. The summed E-state index contributed by atoms with van der Waals surface area (Å²) in [6.07, 6.45) is 1.54. The molecule has 3 aromatic rings. The molecule has 5 nitrogen and oxygen atoms in total. The minimum absolute atomic E-state index is 0.0369. The van der Waals surface area contributed by atoms with Crippen molar-refractivity contribution in [2.24, 2.45) is 0 Å². The van der Waals surface area contributed by atoms with Crippen LogP contribution in [0.5, 0.6) is 5.75 Å². The normalized spacial score (nSPS) is 10.4. The standard InChI is InChI=1S/C17H13F2N3O2/c18-12-5-7-13(8-6-12)20-17(23)15-9-10-22(21-15)11-24-16-4-2-1-3-14(16)19/h1-10H,11H2,(H,20,23). The minimum Gasteiger partial charge on any atom is -0.468 e. The molecule has 24 heavy (non-hydrogen) atoms. The Morgan fingerprint density at radius 3 is 2.58 bits per heavy atom. The maximum atomic E-state index is 13.5. The van der Waals surface area contributed by atoms with E-state index in [4.69, 9.17) is 4.74 Å². The van der Waals surface area contributed by atoms with Crippen molar-refractivity contribution >= 4 is 11.6 Å². The molecule has 1 aromatic heterocycles. The number of para-hydroxylation sites is 1. The number of nitrogens with zero attached hydrogens (tertiary/aromatic N) is 2. The van der Waals surface area contributed by atoms with E-state index < -0.39 is 11.7 Å². The van der Waals surface area contributed by atoms with Gasteiger partial charge < -0.3 is 10.1 Å². The van der Waals surface area contributed by atoms with E-state index in [-0.39, 0.29) is 24.0 Å². The van der Waals surface area contributed by atoms with Crippen LogP contribution >= 0.6 is 0 Å². The van der Waals surface area contributed by atoms with E-state index in [0.29, 0.717) is 5.69 Å². The molecule has 1 amide bonds. The van der Waals surface area contributed by atoms with Gasteiger partial charge in [-0.2, -0.15) is 5.10 Å². The molecule has 0 aliphatic heterocycles. The van der Waals surface area contributed by atoms with Crippen LogP contribution in [0.2, 0.25) is 0 Å². The van der Waals surface area contributed by atoms with Crippen molar-refractivity contribution in [1.82, 2.24) is 9.78 Å². The molecular weight excluding hydrogens is 316 g/mol. The molecule has 0 unspecified atom stereocenters. The molecule has 122 valence electrons. The average Bonchev–Trinajstić information content (AvgIpc) is 3.05. The van der Waals surface area contributed by atoms with Crippen molar-refractivity contribution in [2.45, 2.75) is 6.73 Å². The van der Waals surface area contributed by atoms with Crippen molar-refractivity contribution < 1.29 is 18.3 Å². The third kappa shape index (κ3) is 3.75. The number of amides is 1. The number of hydrogen-bond acceptors (Lipinski definition) is 3. The van der Waals surface area contributed by atoms with Gasteiger partial charge >= 0.3 is 0 Å². The van der Waals surface area contributed by atoms with Gasteiger partial charge in [0.2, 0.25) is 0 Å². The van der Waals surface area contributed by atoms with Gasteiger partial charge in [-0.25, -0.2) is 13.5 Å². The zero-order valence-electron chi connectivity index (χ0n) is 12.4. The Bertz CT molecular complexity index is 847. The van der Waals surface area contributed by atoms with Gasteiger partial charge in [0.25, 0.3) is 5.91 Å². The molecular formula is C17H13F2N3O2. The first-order valence-electron chi connectivity index (χ1n) is 7.09. The average molecular weight is 329 g/mol. The molecule has 0 radical (unpaired) electrons. The van der Waals surface area contributed by atoms with Crippen LogP contribution in [0.1, 0.15) is 10.5 Å². The second-order valence-corrected chi connectivity index (χ2v) is 4.91. The smallest absolute Gasteiger partial charge is 0.276 e. The highest BCUT2D eigenvalue weighted by molar-refractivity contribution is 6.02. The number of hydrogen-bond donors (Lipinski definition) is 1. The van der Waals surface area contributed by atoms with E-state index in [1.165, 1.54) is 47.1 Å². The molecule has 0 aliphatic carbocycles. The van der Waals surface area contributed by atoms with Crippen molar-refractivity contribution in [2.75, 3.05) is 5.32 Å². The number of nitrogens with one attached hydrogen (secondary N) is 1. The van der Waals surface area contributed by atoms with Gasteiger partial charge in [0.1, 0.15) is 5.82 Å². The third-order valence-corrected chi connectivity index (χ3v) is 3.16. The first-order valence-corrected chi connectivity index (χ1v) is 7.09. The van der Waals surface area contributed by atoms with E-state index in [9.17, 15) is 13.6 Å². The van der Waals surface area contributed by atoms with Gasteiger partial charge in [0.15, 0.2) is 24.0 Å². The molecule has 3 rings (SSSR count). The van der Waals surface area contributed by atoms with Crippen LogP contribution in [0.3, 0.4) is 0 Å². The van der Waals surface area contributed by atoms with E-state index in [1.54, 1.807) is 18.3 Å². The number of benzene rings is 2. The van der Waals surface area contributed by atoms with Crippen molar-refractivity contribution in [3.05, 3.63) is 78.1 Å². The quantitative estimate of drug-likeness (QED) is 0.780. The zero-order chi connectivity index (χ0) is 16.9. The molecule has 7 heteroatoms. The lowest BCUT2D eigenvalue weighted by molar-refractivity contribution is 0.102. The SMILES string of the molecule is O=C(Nc1ccc(F)cc1)c1ccn(COc2ccccc2F)n1. The molecule has 1 N–H and O–H groups in total. The van der Waals surface area contributed by atoms with Gasteiger partial charge in [-0.3, -0.25) is 4.79 Å². The van der Waals surface area contributed by atoms with Crippen molar-refractivity contribution in [1.29, 1.82) is 0 Å². The number of rotatable bonds is 5. The summed E-state index contributed by atoms with van der Waals surface area (Å²) in [6, 6.07) is 12.9. The van der Waals surface area contributed by atoms with Crippen LogP contribution in [0, 0.1) is 11.6 Å². The Balaban J connectivity index is 1.61. The summed E-state index contributed by atoms with van der Waals surface area (Å²) >= 11 is 0. The molecule has 0 saturated heterocycles. The van der Waals surface area contributed by atoms with E-state index in [0.717, 1.165) is 0 Å². The first-order chi connectivity index (χ1) is 11.6. The molecule has 0 spiro atoms. The number of halogens is 2. The molecule has 1 heterocycles. The highest BCUT2D eigenvalue weighted by Crippen LogP contribution is 2.16. The second kappa shape index (κ2) is 6.91. The van der Waals surface area contributed by atoms with Crippen LogP contribution < -0.4 is 10.1 Å². The van der Waals surface area contributed by atoms with Crippen molar-refractivity contribution in [3.63, 3.8) is 0 Å². The molecule has 0 fully saturated rings. The van der Waals surface area contributed by atoms with Gasteiger partial charge in [-0.1, -0.05) is 12.1 Å². The molecule has 0 saturated carbocycles. The fraction of sp³-hybridized carbons (Fsp3) is 0.0588. The zero-order valence-corrected chi connectivity index (χ0v) is 12.4. The number of aromatic nitrogens is 2. The number of carbonyl (C=O) groups excluding carboxylic acids is 1. The third-order valence-electron chi connectivity index (χ3n) is 3.16. The Hall–Kier alpha value is -3.22. The molecule has 0 bridgehead atoms. The maximum absolute atomic E-state index is 13.5. The Morgan fingerprint density at radius 1 is 1.08 bits per heavy atom. The van der Waals surface area contributed by atoms with Crippen LogP contribution in [0.25, 0.3) is 0 Å². The lowest BCUT2D eigenvalue weighted by Crippen LogP contribution is -2.14. The number of anilines is 1. The van der Waals surface area contributed by atoms with Crippen LogP contribution in [0.15, 0.2) is 60.8 Å². The van der Waals surface area contributed by atoms with Gasteiger partial charge in [-0.15, -0.1) is 0 Å². The van der Waals surface area contributed by atoms with Crippen LogP contribution in [0.4, 0.5) is 14.5 Å². The van der Waals surface area contributed by atoms with Gasteiger partial charge in [0, 0.05) is 11.9 Å². The number of carbonyl (C=O) groups is 1. The molecule has 2 aromatic carbocycles. The summed E-state index contributed by atoms with van der Waals surface area (Å²) in [5.74, 6) is -1.20. The largest absolute Gasteiger partial charge is 0.468 e. The fourth-order valence-electron chi connectivity index (χ4n) is 1.98. The monoisotopic (exact) mass is 329 g/mol. The van der Waals surface area contributed by atoms with Gasteiger partial charge in [-0.05, 0) is 42.5 Å². The van der Waals surface area contributed by atoms with Gasteiger partial charge in [0.05, 0.1) is 0 Å². The summed E-state index contributed by atoms with van der Waals surface area (Å²) in [4.78, 5) is 12.1. The summed E-state index contributed by atoms with van der Waals surface area (Å²) in [6.45, 7) is -0.0369. The second-order valence-electron chi connectivity index (χ2n) is 4.91. The Labute approximate surface area is 136 Å². The van der Waals surface area contributed by atoms with E-state index in [2.05, 4.69) is 10.4 Å².